The van der Waals surface area contributed by atoms with Gasteiger partial charge in [-0.05, 0) is 41.4 Å². The molecule has 0 aliphatic heterocycles. The number of halogens is 1. The van der Waals surface area contributed by atoms with Crippen molar-refractivity contribution in [3.63, 3.8) is 0 Å². The van der Waals surface area contributed by atoms with Gasteiger partial charge in [-0.15, -0.1) is 0 Å². The molecule has 0 aliphatic rings. The normalized spacial score (nSPS) is 11.9. The fourth-order valence-corrected chi connectivity index (χ4v) is 1.87. The molecule has 2 aromatic rings. The van der Waals surface area contributed by atoms with E-state index in [2.05, 4.69) is 38.1 Å². The number of rotatable bonds is 5. The first-order valence-corrected chi connectivity index (χ1v) is 7.19. The summed E-state index contributed by atoms with van der Waals surface area (Å²) in [4.78, 5) is 8.06. The fraction of sp³-hybridized carbons (Fsp3) is 0.286. The van der Waals surface area contributed by atoms with Gasteiger partial charge < -0.3 is 15.8 Å². The zero-order valence-corrected chi connectivity index (χ0v) is 13.0. The summed E-state index contributed by atoms with van der Waals surface area (Å²) in [6.07, 6.45) is 2.57. The quantitative estimate of drug-likeness (QED) is 0.869. The molecule has 1 atom stereocenters. The van der Waals surface area contributed by atoms with Crippen molar-refractivity contribution < 1.29 is 4.74 Å². The maximum atomic E-state index is 5.79. The molecule has 1 aromatic heterocycles. The maximum absolute atomic E-state index is 5.79. The third-order valence-electron chi connectivity index (χ3n) is 2.83. The fourth-order valence-electron chi connectivity index (χ4n) is 1.57. The molecule has 0 fully saturated rings. The Bertz CT molecular complexity index is 591. The molecule has 5 nitrogen and oxygen atoms in total. The summed E-state index contributed by atoms with van der Waals surface area (Å²) in [7, 11) is 0. The summed E-state index contributed by atoms with van der Waals surface area (Å²) in [6.45, 7) is 4.13. The second-order valence-corrected chi connectivity index (χ2v) is 5.20. The average molecular weight is 337 g/mol. The van der Waals surface area contributed by atoms with Crippen LogP contribution in [-0.4, -0.2) is 16.1 Å². The number of nitrogens with zero attached hydrogens (tertiary/aromatic N) is 2. The summed E-state index contributed by atoms with van der Waals surface area (Å²) in [6, 6.07) is 7.73. The number of nitrogens with one attached hydrogen (secondary N) is 1. The molecule has 0 saturated heterocycles. The lowest BCUT2D eigenvalue weighted by atomic mass is 10.2. The number of anilines is 3. The van der Waals surface area contributed by atoms with Gasteiger partial charge in [0, 0.05) is 11.8 Å². The minimum absolute atomic E-state index is 0.187. The van der Waals surface area contributed by atoms with Crippen LogP contribution in [0.2, 0.25) is 0 Å². The molecule has 1 aromatic carbocycles. The van der Waals surface area contributed by atoms with Crippen LogP contribution in [-0.2, 0) is 0 Å². The van der Waals surface area contributed by atoms with Gasteiger partial charge in [0.2, 0.25) is 0 Å². The number of benzene rings is 1. The molecule has 0 saturated carbocycles. The van der Waals surface area contributed by atoms with Crippen molar-refractivity contribution in [3.8, 4) is 5.75 Å². The Kier molecular flexibility index (Phi) is 4.79. The molecular weight excluding hydrogens is 320 g/mol. The van der Waals surface area contributed by atoms with E-state index >= 15 is 0 Å². The molecule has 6 heteroatoms. The highest BCUT2D eigenvalue weighted by atomic mass is 79.9. The maximum Gasteiger partial charge on any atom is 0.150 e. The largest absolute Gasteiger partial charge is 0.491 e. The first-order valence-electron chi connectivity index (χ1n) is 6.40. The van der Waals surface area contributed by atoms with Crippen molar-refractivity contribution in [2.24, 2.45) is 0 Å². The smallest absolute Gasteiger partial charge is 0.150 e. The lowest BCUT2D eigenvalue weighted by molar-refractivity contribution is 0.217. The molecule has 1 unspecified atom stereocenters. The molecular formula is C14H17BrN4O. The predicted molar refractivity (Wildman–Crippen MR) is 84.3 cm³/mol. The Labute approximate surface area is 126 Å². The van der Waals surface area contributed by atoms with Crippen LogP contribution in [0.25, 0.3) is 0 Å². The highest BCUT2D eigenvalue weighted by molar-refractivity contribution is 9.10. The highest BCUT2D eigenvalue weighted by Crippen LogP contribution is 2.28. The molecule has 0 spiro atoms. The van der Waals surface area contributed by atoms with Gasteiger partial charge in [-0.2, -0.15) is 0 Å². The van der Waals surface area contributed by atoms with Crippen LogP contribution in [0, 0.1) is 0 Å². The van der Waals surface area contributed by atoms with Crippen LogP contribution in [0.5, 0.6) is 5.75 Å². The summed E-state index contributed by atoms with van der Waals surface area (Å²) in [5, 5.41) is 3.19. The van der Waals surface area contributed by atoms with E-state index in [-0.39, 0.29) is 6.10 Å². The summed E-state index contributed by atoms with van der Waals surface area (Å²) in [5.74, 6) is 1.84. The third kappa shape index (κ3) is 3.60. The summed E-state index contributed by atoms with van der Waals surface area (Å²) < 4.78 is 6.43. The lowest BCUT2D eigenvalue weighted by Crippen LogP contribution is -2.09. The van der Waals surface area contributed by atoms with Crippen LogP contribution in [0.1, 0.15) is 20.3 Å². The van der Waals surface area contributed by atoms with Crippen molar-refractivity contribution >= 4 is 33.3 Å². The van der Waals surface area contributed by atoms with E-state index in [1.807, 2.05) is 31.2 Å². The van der Waals surface area contributed by atoms with Crippen molar-refractivity contribution in [1.82, 2.24) is 9.97 Å². The second-order valence-electron chi connectivity index (χ2n) is 4.41. The van der Waals surface area contributed by atoms with Crippen LogP contribution < -0.4 is 15.8 Å². The average Bonchev–Trinajstić information content (AvgIpc) is 2.44. The summed E-state index contributed by atoms with van der Waals surface area (Å²) in [5.41, 5.74) is 6.60. The minimum Gasteiger partial charge on any atom is -0.491 e. The van der Waals surface area contributed by atoms with Crippen LogP contribution >= 0.6 is 15.9 Å². The monoisotopic (exact) mass is 336 g/mol. The molecule has 2 rings (SSSR count). The van der Waals surface area contributed by atoms with E-state index in [1.165, 1.54) is 6.33 Å². The van der Waals surface area contributed by atoms with E-state index in [0.717, 1.165) is 17.9 Å². The highest BCUT2D eigenvalue weighted by Gasteiger charge is 2.07. The van der Waals surface area contributed by atoms with E-state index in [9.17, 15) is 0 Å². The van der Waals surface area contributed by atoms with Gasteiger partial charge in [-0.3, -0.25) is 0 Å². The van der Waals surface area contributed by atoms with Gasteiger partial charge in [-0.25, -0.2) is 9.97 Å². The number of aromatic nitrogens is 2. The third-order valence-corrected chi connectivity index (χ3v) is 3.61. The number of hydrogen-bond donors (Lipinski definition) is 2. The Morgan fingerprint density at radius 1 is 1.40 bits per heavy atom. The SMILES string of the molecule is CCC(C)Oc1cccc(Nc2ncnc(N)c2Br)c1. The van der Waals surface area contributed by atoms with Crippen molar-refractivity contribution in [2.45, 2.75) is 26.4 Å². The van der Waals surface area contributed by atoms with Crippen LogP contribution in [0.15, 0.2) is 35.1 Å². The predicted octanol–water partition coefficient (Wildman–Crippen LogP) is 3.74. The molecule has 0 radical (unpaired) electrons. The Hall–Kier alpha value is -1.82. The first-order chi connectivity index (χ1) is 9.60. The second kappa shape index (κ2) is 6.56. The van der Waals surface area contributed by atoms with Crippen LogP contribution in [0.3, 0.4) is 0 Å². The topological polar surface area (TPSA) is 73.1 Å². The number of hydrogen-bond acceptors (Lipinski definition) is 5. The van der Waals surface area contributed by atoms with E-state index < -0.39 is 0 Å². The molecule has 106 valence electrons. The molecule has 0 amide bonds. The number of nitrogens with two attached hydrogens (primary N) is 1. The molecule has 0 aliphatic carbocycles. The standard InChI is InChI=1S/C14H17BrN4O/c1-3-9(2)20-11-6-4-5-10(7-11)19-14-12(15)13(16)17-8-18-14/h4-9H,3H2,1-2H3,(H3,16,17,18,19). The Balaban J connectivity index is 2.17. The molecule has 0 bridgehead atoms. The van der Waals surface area contributed by atoms with Gasteiger partial charge >= 0.3 is 0 Å². The Morgan fingerprint density at radius 2 is 2.20 bits per heavy atom. The van der Waals surface area contributed by atoms with Crippen molar-refractivity contribution in [1.29, 1.82) is 0 Å². The van der Waals surface area contributed by atoms with Crippen molar-refractivity contribution in [2.75, 3.05) is 11.1 Å². The number of ether oxygens (including phenoxy) is 1. The molecule has 3 N–H and O–H groups in total. The molecule has 1 heterocycles. The van der Waals surface area contributed by atoms with Gasteiger partial charge in [-0.1, -0.05) is 13.0 Å². The van der Waals surface area contributed by atoms with Crippen LogP contribution in [0.4, 0.5) is 17.3 Å². The van der Waals surface area contributed by atoms with Crippen molar-refractivity contribution in [3.05, 3.63) is 35.1 Å². The summed E-state index contributed by atoms with van der Waals surface area (Å²) >= 11 is 3.36. The van der Waals surface area contributed by atoms with E-state index in [1.54, 1.807) is 0 Å². The number of nitrogen functional groups attached to an aromatic ring is 1. The van der Waals surface area contributed by atoms with Gasteiger partial charge in [0.15, 0.2) is 0 Å². The zero-order valence-electron chi connectivity index (χ0n) is 11.4. The van der Waals surface area contributed by atoms with Gasteiger partial charge in [0.1, 0.15) is 28.2 Å². The lowest BCUT2D eigenvalue weighted by Gasteiger charge is -2.14. The van der Waals surface area contributed by atoms with E-state index in [4.69, 9.17) is 10.5 Å². The zero-order chi connectivity index (χ0) is 14.5. The Morgan fingerprint density at radius 3 is 2.95 bits per heavy atom. The van der Waals surface area contributed by atoms with E-state index in [0.29, 0.717) is 16.1 Å². The van der Waals surface area contributed by atoms with Gasteiger partial charge in [0.25, 0.3) is 0 Å². The molecule has 20 heavy (non-hydrogen) atoms. The first kappa shape index (κ1) is 14.6. The van der Waals surface area contributed by atoms with Gasteiger partial charge in [0.05, 0.1) is 6.10 Å². The minimum atomic E-state index is 0.187.